The van der Waals surface area contributed by atoms with Gasteiger partial charge in [-0.25, -0.2) is 0 Å². The minimum atomic E-state index is -1.06. The molecule has 0 aliphatic carbocycles. The summed E-state index contributed by atoms with van der Waals surface area (Å²) in [6.07, 6.45) is 3.44. The van der Waals surface area contributed by atoms with E-state index in [4.69, 9.17) is 5.11 Å². The maximum absolute atomic E-state index is 10.5. The van der Waals surface area contributed by atoms with Crippen LogP contribution < -0.4 is 4.90 Å². The molecule has 0 fully saturated rings. The van der Waals surface area contributed by atoms with Crippen LogP contribution in [0, 0.1) is 0 Å². The molecule has 1 aromatic rings. The molecule has 0 atom stereocenters. The van der Waals surface area contributed by atoms with Crippen LogP contribution in [0.5, 0.6) is 0 Å². The summed E-state index contributed by atoms with van der Waals surface area (Å²) in [4.78, 5) is 25.6. The maximum Gasteiger partial charge on any atom is 0.323 e. The van der Waals surface area contributed by atoms with Crippen molar-refractivity contribution in [3.8, 4) is 0 Å². The lowest BCUT2D eigenvalue weighted by Crippen LogP contribution is -2.28. The number of rotatable bonds is 4. The molecule has 5 heteroatoms. The van der Waals surface area contributed by atoms with Gasteiger partial charge in [0.15, 0.2) is 0 Å². The molecule has 1 aromatic heterocycles. The molecule has 5 nitrogen and oxygen atoms in total. The van der Waals surface area contributed by atoms with Gasteiger partial charge in [-0.1, -0.05) is 0 Å². The molecule has 1 rings (SSSR count). The maximum atomic E-state index is 10.5. The van der Waals surface area contributed by atoms with Crippen LogP contribution >= 0.6 is 0 Å². The molecule has 1 heterocycles. The average Bonchev–Trinajstić information content (AvgIpc) is 2.15. The van der Waals surface area contributed by atoms with Crippen molar-refractivity contribution < 1.29 is 14.7 Å². The van der Waals surface area contributed by atoms with Gasteiger partial charge in [0.1, 0.15) is 6.54 Å². The number of amides is 1. The lowest BCUT2D eigenvalue weighted by molar-refractivity contribution is -0.136. The van der Waals surface area contributed by atoms with Gasteiger partial charge in [-0.2, -0.15) is 0 Å². The molecular formula is C8H8N2O3. The van der Waals surface area contributed by atoms with Gasteiger partial charge in [-0.15, -0.1) is 0 Å². The highest BCUT2D eigenvalue weighted by atomic mass is 16.4. The number of anilines is 1. The number of carboxylic acid groups (broad SMARTS) is 1. The minimum absolute atomic E-state index is 0.352. The minimum Gasteiger partial charge on any atom is -0.480 e. The second-order valence-electron chi connectivity index (χ2n) is 2.34. The van der Waals surface area contributed by atoms with E-state index in [0.717, 1.165) is 4.90 Å². The van der Waals surface area contributed by atoms with Gasteiger partial charge < -0.3 is 10.0 Å². The van der Waals surface area contributed by atoms with E-state index < -0.39 is 5.97 Å². The van der Waals surface area contributed by atoms with Crippen molar-refractivity contribution in [1.29, 1.82) is 0 Å². The highest BCUT2D eigenvalue weighted by Gasteiger charge is 2.08. The topological polar surface area (TPSA) is 70.5 Å². The Hall–Kier alpha value is -1.91. The summed E-state index contributed by atoms with van der Waals surface area (Å²) in [5.41, 5.74) is 0.472. The zero-order valence-electron chi connectivity index (χ0n) is 6.75. The van der Waals surface area contributed by atoms with Crippen LogP contribution in [0.3, 0.4) is 0 Å². The first kappa shape index (κ1) is 9.18. The zero-order chi connectivity index (χ0) is 9.68. The van der Waals surface area contributed by atoms with Crippen LogP contribution in [0.2, 0.25) is 0 Å². The molecule has 0 aliphatic heterocycles. The quantitative estimate of drug-likeness (QED) is 0.668. The Morgan fingerprint density at radius 2 is 2.46 bits per heavy atom. The predicted molar refractivity (Wildman–Crippen MR) is 45.3 cm³/mol. The fraction of sp³-hybridized carbons (Fsp3) is 0.125. The number of hydrogen-bond acceptors (Lipinski definition) is 3. The largest absolute Gasteiger partial charge is 0.480 e. The van der Waals surface area contributed by atoms with Crippen molar-refractivity contribution in [2.24, 2.45) is 0 Å². The predicted octanol–water partition coefficient (Wildman–Crippen LogP) is 0.129. The number of pyridine rings is 1. The Bertz CT molecular complexity index is 300. The van der Waals surface area contributed by atoms with Gasteiger partial charge in [0.05, 0.1) is 11.9 Å². The summed E-state index contributed by atoms with van der Waals surface area (Å²) in [6.45, 7) is -0.352. The van der Waals surface area contributed by atoms with E-state index in [-0.39, 0.29) is 6.54 Å². The summed E-state index contributed by atoms with van der Waals surface area (Å²) in [7, 11) is 0. The standard InChI is InChI=1S/C8H8N2O3/c11-6-10(5-8(12)13)7-2-1-3-9-4-7/h1-4,6H,5H2,(H,12,13). The van der Waals surface area contributed by atoms with E-state index in [9.17, 15) is 9.59 Å². The van der Waals surface area contributed by atoms with Crippen LogP contribution in [0.4, 0.5) is 5.69 Å². The number of aromatic nitrogens is 1. The molecule has 0 saturated carbocycles. The Balaban J connectivity index is 2.78. The Morgan fingerprint density at radius 3 is 2.92 bits per heavy atom. The SMILES string of the molecule is O=CN(CC(=O)O)c1cccnc1. The normalized spacial score (nSPS) is 9.23. The third-order valence-corrected chi connectivity index (χ3v) is 1.41. The van der Waals surface area contributed by atoms with Crippen molar-refractivity contribution in [1.82, 2.24) is 4.98 Å². The molecule has 68 valence electrons. The highest BCUT2D eigenvalue weighted by Crippen LogP contribution is 2.08. The summed E-state index contributed by atoms with van der Waals surface area (Å²) < 4.78 is 0. The second-order valence-corrected chi connectivity index (χ2v) is 2.34. The smallest absolute Gasteiger partial charge is 0.323 e. The molecule has 0 unspecified atom stereocenters. The number of nitrogens with zero attached hydrogens (tertiary/aromatic N) is 2. The van der Waals surface area contributed by atoms with Crippen molar-refractivity contribution in [3.63, 3.8) is 0 Å². The van der Waals surface area contributed by atoms with E-state index in [0.29, 0.717) is 12.1 Å². The van der Waals surface area contributed by atoms with Crippen LogP contribution in [0.15, 0.2) is 24.5 Å². The Kier molecular flexibility index (Phi) is 2.97. The van der Waals surface area contributed by atoms with Gasteiger partial charge >= 0.3 is 5.97 Å². The number of carbonyl (C=O) groups excluding carboxylic acids is 1. The lowest BCUT2D eigenvalue weighted by atomic mass is 10.4. The van der Waals surface area contributed by atoms with E-state index in [2.05, 4.69) is 4.98 Å². The molecule has 0 bridgehead atoms. The second kappa shape index (κ2) is 4.20. The molecular weight excluding hydrogens is 172 g/mol. The van der Waals surface area contributed by atoms with Gasteiger partial charge in [0.2, 0.25) is 6.41 Å². The Morgan fingerprint density at radius 1 is 1.69 bits per heavy atom. The third kappa shape index (κ3) is 2.55. The van der Waals surface area contributed by atoms with E-state index in [1.807, 2.05) is 0 Å². The summed E-state index contributed by atoms with van der Waals surface area (Å²) in [6, 6.07) is 3.25. The van der Waals surface area contributed by atoms with Crippen LogP contribution in [-0.2, 0) is 9.59 Å². The molecule has 0 saturated heterocycles. The lowest BCUT2D eigenvalue weighted by Gasteiger charge is -2.13. The zero-order valence-corrected chi connectivity index (χ0v) is 6.75. The number of hydrogen-bond donors (Lipinski definition) is 1. The average molecular weight is 180 g/mol. The molecule has 13 heavy (non-hydrogen) atoms. The fourth-order valence-corrected chi connectivity index (χ4v) is 0.859. The molecule has 0 spiro atoms. The van der Waals surface area contributed by atoms with Crippen LogP contribution in [0.25, 0.3) is 0 Å². The van der Waals surface area contributed by atoms with Crippen molar-refractivity contribution in [2.75, 3.05) is 11.4 Å². The van der Waals surface area contributed by atoms with Crippen molar-refractivity contribution >= 4 is 18.1 Å². The molecule has 0 radical (unpaired) electrons. The van der Waals surface area contributed by atoms with Crippen LogP contribution in [0.1, 0.15) is 0 Å². The van der Waals surface area contributed by atoms with E-state index in [1.54, 1.807) is 18.3 Å². The molecule has 0 aliphatic rings. The van der Waals surface area contributed by atoms with E-state index >= 15 is 0 Å². The highest BCUT2D eigenvalue weighted by molar-refractivity contribution is 5.84. The van der Waals surface area contributed by atoms with Crippen molar-refractivity contribution in [2.45, 2.75) is 0 Å². The molecule has 1 amide bonds. The Labute approximate surface area is 74.6 Å². The van der Waals surface area contributed by atoms with Gasteiger partial charge in [-0.05, 0) is 12.1 Å². The van der Waals surface area contributed by atoms with Gasteiger partial charge in [0.25, 0.3) is 0 Å². The summed E-state index contributed by atoms with van der Waals surface area (Å²) in [5, 5.41) is 8.46. The first-order chi connectivity index (χ1) is 6.24. The summed E-state index contributed by atoms with van der Waals surface area (Å²) in [5.74, 6) is -1.06. The first-order valence-corrected chi connectivity index (χ1v) is 3.58. The van der Waals surface area contributed by atoms with Crippen molar-refractivity contribution in [3.05, 3.63) is 24.5 Å². The number of carboxylic acids is 1. The molecule has 1 N–H and O–H groups in total. The van der Waals surface area contributed by atoms with Gasteiger partial charge in [-0.3, -0.25) is 14.6 Å². The van der Waals surface area contributed by atoms with Crippen LogP contribution in [-0.4, -0.2) is 29.0 Å². The number of aliphatic carboxylic acids is 1. The fourth-order valence-electron chi connectivity index (χ4n) is 0.859. The van der Waals surface area contributed by atoms with Gasteiger partial charge in [0, 0.05) is 6.20 Å². The summed E-state index contributed by atoms with van der Waals surface area (Å²) >= 11 is 0. The monoisotopic (exact) mass is 180 g/mol. The molecule has 0 aromatic carbocycles. The van der Waals surface area contributed by atoms with E-state index in [1.165, 1.54) is 6.20 Å². The number of carbonyl (C=O) groups is 2. The third-order valence-electron chi connectivity index (χ3n) is 1.41. The first-order valence-electron chi connectivity index (χ1n) is 3.58.